The molecule has 7 heteroatoms. The molecule has 1 rings (SSSR count). The molecule has 1 unspecified atom stereocenters. The number of aromatic nitrogens is 1. The number of rotatable bonds is 6. The van der Waals surface area contributed by atoms with Gasteiger partial charge >= 0.3 is 12.0 Å². The summed E-state index contributed by atoms with van der Waals surface area (Å²) in [6.45, 7) is 6.34. The summed E-state index contributed by atoms with van der Waals surface area (Å²) in [5.41, 5.74) is 0. The van der Waals surface area contributed by atoms with Gasteiger partial charge in [-0.2, -0.15) is 0 Å². The van der Waals surface area contributed by atoms with Crippen LogP contribution in [0.4, 0.5) is 4.79 Å². The number of urea groups is 1. The van der Waals surface area contributed by atoms with Gasteiger partial charge in [0, 0.05) is 23.7 Å². The van der Waals surface area contributed by atoms with E-state index in [9.17, 15) is 9.59 Å². The second-order valence-corrected chi connectivity index (χ2v) is 5.58. The van der Waals surface area contributed by atoms with E-state index in [1.54, 1.807) is 13.1 Å². The molecule has 1 heterocycles. The molecule has 0 aliphatic rings. The maximum absolute atomic E-state index is 12.0. The molecule has 1 atom stereocenters. The first-order chi connectivity index (χ1) is 8.93. The lowest BCUT2D eigenvalue weighted by Crippen LogP contribution is -2.45. The molecule has 0 saturated carbocycles. The van der Waals surface area contributed by atoms with Gasteiger partial charge in [0.25, 0.3) is 0 Å². The third kappa shape index (κ3) is 4.86. The Bertz CT molecular complexity index is 447. The highest BCUT2D eigenvalue weighted by atomic mass is 32.1. The highest BCUT2D eigenvalue weighted by molar-refractivity contribution is 7.11. The van der Waals surface area contributed by atoms with E-state index in [0.29, 0.717) is 13.1 Å². The third-order valence-corrected chi connectivity index (χ3v) is 3.58. The van der Waals surface area contributed by atoms with Crippen molar-refractivity contribution in [2.24, 2.45) is 0 Å². The lowest BCUT2D eigenvalue weighted by molar-refractivity contribution is -0.138. The molecular formula is C12H19N3O3S. The number of carboxylic acid groups (broad SMARTS) is 1. The first-order valence-corrected chi connectivity index (χ1v) is 6.93. The van der Waals surface area contributed by atoms with E-state index in [1.807, 2.05) is 13.8 Å². The molecule has 2 amide bonds. The van der Waals surface area contributed by atoms with E-state index in [-0.39, 0.29) is 18.5 Å². The number of carbonyl (C=O) groups excluding carboxylic acids is 1. The van der Waals surface area contributed by atoms with Gasteiger partial charge in [0.2, 0.25) is 0 Å². The van der Waals surface area contributed by atoms with Crippen molar-refractivity contribution < 1.29 is 14.7 Å². The van der Waals surface area contributed by atoms with Gasteiger partial charge in [-0.3, -0.25) is 4.79 Å². The van der Waals surface area contributed by atoms with Crippen molar-refractivity contribution in [1.29, 1.82) is 0 Å². The summed E-state index contributed by atoms with van der Waals surface area (Å²) in [4.78, 5) is 29.4. The Morgan fingerprint density at radius 3 is 2.74 bits per heavy atom. The van der Waals surface area contributed by atoms with Crippen LogP contribution in [0.5, 0.6) is 0 Å². The Kier molecular flexibility index (Phi) is 5.75. The van der Waals surface area contributed by atoms with Gasteiger partial charge in [-0.1, -0.05) is 0 Å². The van der Waals surface area contributed by atoms with Crippen molar-refractivity contribution in [3.05, 3.63) is 16.1 Å². The van der Waals surface area contributed by atoms with Crippen LogP contribution in [0.15, 0.2) is 6.20 Å². The largest absolute Gasteiger partial charge is 0.481 e. The van der Waals surface area contributed by atoms with Crippen molar-refractivity contribution in [3.63, 3.8) is 0 Å². The third-order valence-electron chi connectivity index (χ3n) is 2.66. The summed E-state index contributed by atoms with van der Waals surface area (Å²) < 4.78 is 0. The van der Waals surface area contributed by atoms with Crippen LogP contribution in [0, 0.1) is 6.92 Å². The summed E-state index contributed by atoms with van der Waals surface area (Å²) in [7, 11) is 0. The molecular weight excluding hydrogens is 266 g/mol. The molecule has 1 aromatic heterocycles. The number of nitrogens with one attached hydrogen (secondary N) is 1. The van der Waals surface area contributed by atoms with Crippen LogP contribution in [0.25, 0.3) is 0 Å². The minimum absolute atomic E-state index is 0.0579. The quantitative estimate of drug-likeness (QED) is 0.835. The number of carbonyl (C=O) groups is 2. The molecule has 0 spiro atoms. The Labute approximate surface area is 116 Å². The number of thiazole rings is 1. The van der Waals surface area contributed by atoms with Gasteiger partial charge in [-0.15, -0.1) is 11.3 Å². The zero-order chi connectivity index (χ0) is 14.4. The minimum Gasteiger partial charge on any atom is -0.481 e. The van der Waals surface area contributed by atoms with Crippen LogP contribution < -0.4 is 5.32 Å². The molecule has 2 N–H and O–H groups in total. The first kappa shape index (κ1) is 15.4. The molecule has 0 aromatic carbocycles. The predicted octanol–water partition coefficient (Wildman–Crippen LogP) is 1.85. The van der Waals surface area contributed by atoms with Crippen molar-refractivity contribution in [2.75, 3.05) is 6.54 Å². The normalized spacial score (nSPS) is 11.9. The molecule has 19 heavy (non-hydrogen) atoms. The molecule has 1 aromatic rings. The monoisotopic (exact) mass is 285 g/mol. The second-order valence-electron chi connectivity index (χ2n) is 4.26. The number of hydrogen-bond donors (Lipinski definition) is 2. The molecule has 0 aliphatic heterocycles. The zero-order valence-electron chi connectivity index (χ0n) is 11.3. The van der Waals surface area contributed by atoms with E-state index in [1.165, 1.54) is 16.2 Å². The van der Waals surface area contributed by atoms with Crippen LogP contribution in [-0.4, -0.2) is 39.6 Å². The number of hydrogen-bond acceptors (Lipinski definition) is 4. The van der Waals surface area contributed by atoms with Crippen molar-refractivity contribution in [2.45, 2.75) is 39.8 Å². The van der Waals surface area contributed by atoms with Gasteiger partial charge < -0.3 is 15.3 Å². The number of carboxylic acids is 1. The fraction of sp³-hybridized carbons (Fsp3) is 0.583. The molecule has 0 fully saturated rings. The molecule has 6 nitrogen and oxygen atoms in total. The van der Waals surface area contributed by atoms with Crippen LogP contribution in [-0.2, 0) is 11.3 Å². The zero-order valence-corrected chi connectivity index (χ0v) is 12.2. The maximum Gasteiger partial charge on any atom is 0.317 e. The number of nitrogens with zero attached hydrogens (tertiary/aromatic N) is 2. The highest BCUT2D eigenvalue weighted by Crippen LogP contribution is 2.11. The number of aliphatic carboxylic acids is 1. The van der Waals surface area contributed by atoms with Gasteiger partial charge in [-0.05, 0) is 20.8 Å². The lowest BCUT2D eigenvalue weighted by atomic mass is 10.2. The summed E-state index contributed by atoms with van der Waals surface area (Å²) in [6.07, 6.45) is 1.70. The number of amides is 2. The van der Waals surface area contributed by atoms with E-state index in [4.69, 9.17) is 5.11 Å². The summed E-state index contributed by atoms with van der Waals surface area (Å²) >= 11 is 1.53. The Balaban J connectivity index is 2.51. The van der Waals surface area contributed by atoms with E-state index in [0.717, 1.165) is 9.88 Å². The van der Waals surface area contributed by atoms with Crippen LogP contribution in [0.2, 0.25) is 0 Å². The van der Waals surface area contributed by atoms with Crippen LogP contribution in [0.1, 0.15) is 30.2 Å². The predicted molar refractivity (Wildman–Crippen MR) is 73.2 cm³/mol. The van der Waals surface area contributed by atoms with E-state index >= 15 is 0 Å². The van der Waals surface area contributed by atoms with Gasteiger partial charge in [0.1, 0.15) is 5.01 Å². The van der Waals surface area contributed by atoms with Gasteiger partial charge in [0.15, 0.2) is 0 Å². The maximum atomic E-state index is 12.0. The van der Waals surface area contributed by atoms with Crippen LogP contribution >= 0.6 is 11.3 Å². The lowest BCUT2D eigenvalue weighted by Gasteiger charge is -2.27. The van der Waals surface area contributed by atoms with Gasteiger partial charge in [0.05, 0.1) is 13.0 Å². The van der Waals surface area contributed by atoms with Crippen molar-refractivity contribution >= 4 is 23.3 Å². The molecule has 0 saturated heterocycles. The SMILES string of the molecule is CCN(C(=O)NCc1ncc(C)s1)C(C)CC(=O)O. The van der Waals surface area contributed by atoms with E-state index < -0.39 is 5.97 Å². The molecule has 0 bridgehead atoms. The fourth-order valence-corrected chi connectivity index (χ4v) is 2.48. The standard InChI is InChI=1S/C12H19N3O3S/c1-4-15(8(2)5-11(16)17)12(18)14-7-10-13-6-9(3)19-10/h6,8H,4-5,7H2,1-3H3,(H,14,18)(H,16,17). The average Bonchev–Trinajstić information content (AvgIpc) is 2.72. The second kappa shape index (κ2) is 7.08. The Hall–Kier alpha value is -1.63. The van der Waals surface area contributed by atoms with Crippen molar-refractivity contribution in [1.82, 2.24) is 15.2 Å². The average molecular weight is 285 g/mol. The van der Waals surface area contributed by atoms with Gasteiger partial charge in [-0.25, -0.2) is 9.78 Å². The highest BCUT2D eigenvalue weighted by Gasteiger charge is 2.20. The fourth-order valence-electron chi connectivity index (χ4n) is 1.75. The van der Waals surface area contributed by atoms with E-state index in [2.05, 4.69) is 10.3 Å². The Morgan fingerprint density at radius 1 is 1.58 bits per heavy atom. The minimum atomic E-state index is -0.908. The molecule has 0 radical (unpaired) electrons. The summed E-state index contributed by atoms with van der Waals surface area (Å²) in [5, 5.41) is 12.4. The van der Waals surface area contributed by atoms with Crippen molar-refractivity contribution in [3.8, 4) is 0 Å². The Morgan fingerprint density at radius 2 is 2.26 bits per heavy atom. The number of aryl methyl sites for hydroxylation is 1. The molecule has 106 valence electrons. The topological polar surface area (TPSA) is 82.5 Å². The smallest absolute Gasteiger partial charge is 0.317 e. The summed E-state index contributed by atoms with van der Waals surface area (Å²) in [6, 6.07) is -0.593. The summed E-state index contributed by atoms with van der Waals surface area (Å²) in [5.74, 6) is -0.908. The molecule has 0 aliphatic carbocycles. The van der Waals surface area contributed by atoms with Crippen LogP contribution in [0.3, 0.4) is 0 Å². The first-order valence-electron chi connectivity index (χ1n) is 6.11.